The molecule has 0 saturated heterocycles. The summed E-state index contributed by atoms with van der Waals surface area (Å²) in [6.45, 7) is 4.98. The zero-order valence-electron chi connectivity index (χ0n) is 9.93. The van der Waals surface area contributed by atoms with Gasteiger partial charge in [-0.15, -0.1) is 0 Å². The lowest BCUT2D eigenvalue weighted by Crippen LogP contribution is -2.18. The number of rotatable bonds is 5. The van der Waals surface area contributed by atoms with Crippen LogP contribution in [-0.4, -0.2) is 22.7 Å². The van der Waals surface area contributed by atoms with E-state index in [1.807, 2.05) is 6.92 Å². The first kappa shape index (κ1) is 13.9. The smallest absolute Gasteiger partial charge is 0.311 e. The number of nitrogens with zero attached hydrogens (tertiary/aromatic N) is 2. The summed E-state index contributed by atoms with van der Waals surface area (Å²) in [6.07, 6.45) is -4.36. The number of aryl methyl sites for hydroxylation is 1. The minimum Gasteiger partial charge on any atom is -0.311 e. The predicted octanol–water partition coefficient (Wildman–Crippen LogP) is 2.39. The van der Waals surface area contributed by atoms with Crippen molar-refractivity contribution < 1.29 is 13.2 Å². The molecule has 0 bridgehead atoms. The molecule has 0 aromatic carbocycles. The molecule has 1 rings (SSSR count). The molecule has 0 unspecified atom stereocenters. The van der Waals surface area contributed by atoms with E-state index in [1.165, 1.54) is 0 Å². The second-order valence-corrected chi connectivity index (χ2v) is 3.89. The molecule has 0 aliphatic carbocycles. The third-order valence-electron chi connectivity index (χ3n) is 2.05. The third kappa shape index (κ3) is 5.63. The van der Waals surface area contributed by atoms with Crippen molar-refractivity contribution in [2.75, 3.05) is 6.54 Å². The van der Waals surface area contributed by atoms with Crippen molar-refractivity contribution >= 4 is 0 Å². The fourth-order valence-corrected chi connectivity index (χ4v) is 1.44. The molecular formula is C11H16F3N3. The monoisotopic (exact) mass is 247 g/mol. The Morgan fingerprint density at radius 1 is 1.29 bits per heavy atom. The van der Waals surface area contributed by atoms with Gasteiger partial charge in [-0.2, -0.15) is 13.2 Å². The van der Waals surface area contributed by atoms with Gasteiger partial charge in [0.15, 0.2) is 0 Å². The fourth-order valence-electron chi connectivity index (χ4n) is 1.44. The van der Waals surface area contributed by atoms with Gasteiger partial charge in [-0.25, -0.2) is 9.97 Å². The van der Waals surface area contributed by atoms with Crippen molar-refractivity contribution in [1.29, 1.82) is 0 Å². The molecular weight excluding hydrogens is 231 g/mol. The third-order valence-corrected chi connectivity index (χ3v) is 2.05. The molecule has 6 heteroatoms. The summed E-state index contributed by atoms with van der Waals surface area (Å²) in [5.74, 6) is -0.161. The Labute approximate surface area is 98.5 Å². The Morgan fingerprint density at radius 3 is 2.59 bits per heavy atom. The second-order valence-electron chi connectivity index (χ2n) is 3.89. The largest absolute Gasteiger partial charge is 0.396 e. The lowest BCUT2D eigenvalue weighted by Gasteiger charge is -2.08. The lowest BCUT2D eigenvalue weighted by atomic mass is 10.3. The van der Waals surface area contributed by atoms with E-state index in [0.717, 1.165) is 13.0 Å². The van der Waals surface area contributed by atoms with Crippen LogP contribution in [0.4, 0.5) is 13.2 Å². The summed E-state index contributed by atoms with van der Waals surface area (Å²) in [5, 5.41) is 3.10. The van der Waals surface area contributed by atoms with Gasteiger partial charge >= 0.3 is 6.18 Å². The van der Waals surface area contributed by atoms with Gasteiger partial charge in [0.2, 0.25) is 0 Å². The van der Waals surface area contributed by atoms with Crippen molar-refractivity contribution in [3.63, 3.8) is 0 Å². The van der Waals surface area contributed by atoms with Crippen LogP contribution in [0.1, 0.15) is 30.6 Å². The van der Waals surface area contributed by atoms with Crippen LogP contribution in [0, 0.1) is 6.92 Å². The molecule has 1 N–H and O–H groups in total. The second kappa shape index (κ2) is 5.95. The van der Waals surface area contributed by atoms with E-state index in [9.17, 15) is 13.2 Å². The van der Waals surface area contributed by atoms with Crippen molar-refractivity contribution in [1.82, 2.24) is 15.3 Å². The van der Waals surface area contributed by atoms with Crippen molar-refractivity contribution in [2.24, 2.45) is 0 Å². The molecule has 0 saturated carbocycles. The molecule has 96 valence electrons. The first-order chi connectivity index (χ1) is 7.90. The van der Waals surface area contributed by atoms with Gasteiger partial charge in [-0.05, 0) is 26.0 Å². The summed E-state index contributed by atoms with van der Waals surface area (Å²) in [6, 6.07) is 1.70. The van der Waals surface area contributed by atoms with Gasteiger partial charge in [-0.3, -0.25) is 0 Å². The maximum atomic E-state index is 12.2. The molecule has 0 spiro atoms. The van der Waals surface area contributed by atoms with E-state index in [4.69, 9.17) is 0 Å². The molecule has 0 fully saturated rings. The Morgan fingerprint density at radius 2 is 2.00 bits per heavy atom. The lowest BCUT2D eigenvalue weighted by molar-refractivity contribution is -0.128. The fraction of sp³-hybridized carbons (Fsp3) is 0.636. The number of alkyl halides is 3. The average Bonchev–Trinajstić information content (AvgIpc) is 2.14. The molecule has 3 nitrogen and oxygen atoms in total. The molecule has 1 aromatic heterocycles. The molecule has 0 amide bonds. The van der Waals surface area contributed by atoms with Crippen LogP contribution in [-0.2, 0) is 13.0 Å². The standard InChI is InChI=1S/C11H16F3N3/c1-3-4-15-7-9-5-8(2)16-10(17-9)6-11(12,13)14/h5,15H,3-4,6-7H2,1-2H3. The number of aromatic nitrogens is 2. The molecule has 0 aliphatic heterocycles. The summed E-state index contributed by atoms with van der Waals surface area (Å²) < 4.78 is 36.6. The van der Waals surface area contributed by atoms with Gasteiger partial charge < -0.3 is 5.32 Å². The highest BCUT2D eigenvalue weighted by Gasteiger charge is 2.29. The zero-order chi connectivity index (χ0) is 12.9. The van der Waals surface area contributed by atoms with Gasteiger partial charge in [0.25, 0.3) is 0 Å². The van der Waals surface area contributed by atoms with Crippen LogP contribution in [0.3, 0.4) is 0 Å². The SMILES string of the molecule is CCCNCc1cc(C)nc(CC(F)(F)F)n1. The summed E-state index contributed by atoms with van der Waals surface area (Å²) in [4.78, 5) is 7.69. The van der Waals surface area contributed by atoms with Crippen molar-refractivity contribution in [2.45, 2.75) is 39.4 Å². The topological polar surface area (TPSA) is 37.8 Å². The number of halogens is 3. The predicted molar refractivity (Wildman–Crippen MR) is 58.5 cm³/mol. The number of hydrogen-bond donors (Lipinski definition) is 1. The van der Waals surface area contributed by atoms with Crippen molar-refractivity contribution in [3.05, 3.63) is 23.3 Å². The van der Waals surface area contributed by atoms with E-state index in [-0.39, 0.29) is 5.82 Å². The first-order valence-electron chi connectivity index (χ1n) is 5.51. The van der Waals surface area contributed by atoms with E-state index in [0.29, 0.717) is 17.9 Å². The zero-order valence-corrected chi connectivity index (χ0v) is 9.93. The normalized spacial score (nSPS) is 11.8. The van der Waals surface area contributed by atoms with E-state index in [1.54, 1.807) is 13.0 Å². The maximum absolute atomic E-state index is 12.2. The van der Waals surface area contributed by atoms with Crippen LogP contribution in [0.2, 0.25) is 0 Å². The van der Waals surface area contributed by atoms with Gasteiger partial charge in [0.05, 0.1) is 5.69 Å². The maximum Gasteiger partial charge on any atom is 0.396 e. The highest BCUT2D eigenvalue weighted by molar-refractivity contribution is 5.10. The van der Waals surface area contributed by atoms with Gasteiger partial charge in [0, 0.05) is 12.2 Å². The average molecular weight is 247 g/mol. The Balaban J connectivity index is 2.72. The van der Waals surface area contributed by atoms with E-state index >= 15 is 0 Å². The Bertz CT molecular complexity index is 363. The summed E-state index contributed by atoms with van der Waals surface area (Å²) in [7, 11) is 0. The minimum atomic E-state index is -4.26. The van der Waals surface area contributed by atoms with Crippen LogP contribution in [0.15, 0.2) is 6.07 Å². The van der Waals surface area contributed by atoms with E-state index in [2.05, 4.69) is 15.3 Å². The Kier molecular flexibility index (Phi) is 4.86. The summed E-state index contributed by atoms with van der Waals surface area (Å²) in [5.41, 5.74) is 1.16. The highest BCUT2D eigenvalue weighted by Crippen LogP contribution is 2.19. The van der Waals surface area contributed by atoms with Crippen molar-refractivity contribution in [3.8, 4) is 0 Å². The number of nitrogens with one attached hydrogen (secondary N) is 1. The Hall–Kier alpha value is -1.17. The molecule has 0 aliphatic rings. The quantitative estimate of drug-likeness (QED) is 0.812. The molecule has 17 heavy (non-hydrogen) atoms. The van der Waals surface area contributed by atoms with Gasteiger partial charge in [-0.1, -0.05) is 6.92 Å². The first-order valence-corrected chi connectivity index (χ1v) is 5.51. The molecule has 0 radical (unpaired) electrons. The van der Waals surface area contributed by atoms with Crippen LogP contribution in [0.5, 0.6) is 0 Å². The molecule has 0 atom stereocenters. The molecule has 1 heterocycles. The van der Waals surface area contributed by atoms with E-state index < -0.39 is 12.6 Å². The van der Waals surface area contributed by atoms with Crippen LogP contribution >= 0.6 is 0 Å². The number of hydrogen-bond acceptors (Lipinski definition) is 3. The summed E-state index contributed by atoms with van der Waals surface area (Å²) >= 11 is 0. The van der Waals surface area contributed by atoms with Crippen LogP contribution < -0.4 is 5.32 Å². The highest BCUT2D eigenvalue weighted by atomic mass is 19.4. The molecule has 1 aromatic rings. The van der Waals surface area contributed by atoms with Gasteiger partial charge in [0.1, 0.15) is 12.2 Å². The minimum absolute atomic E-state index is 0.161. The van der Waals surface area contributed by atoms with Crippen LogP contribution in [0.25, 0.3) is 0 Å².